The summed E-state index contributed by atoms with van der Waals surface area (Å²) in [5.74, 6) is 0.570. The second kappa shape index (κ2) is 6.22. The molecule has 110 valence electrons. The third kappa shape index (κ3) is 3.48. The number of hydrogen-bond acceptors (Lipinski definition) is 4. The predicted octanol–water partition coefficient (Wildman–Crippen LogP) is 1.58. The highest BCUT2D eigenvalue weighted by Crippen LogP contribution is 2.29. The van der Waals surface area contributed by atoms with E-state index in [2.05, 4.69) is 34.5 Å². The smallest absolute Gasteiger partial charge is 0.255 e. The van der Waals surface area contributed by atoms with Crippen LogP contribution in [0.2, 0.25) is 0 Å². The fourth-order valence-electron chi connectivity index (χ4n) is 2.51. The molecular weight excluding hydrogens is 252 g/mol. The van der Waals surface area contributed by atoms with Crippen molar-refractivity contribution in [2.24, 2.45) is 5.41 Å². The van der Waals surface area contributed by atoms with Crippen LogP contribution in [0.25, 0.3) is 0 Å². The van der Waals surface area contributed by atoms with E-state index in [1.807, 2.05) is 0 Å². The molecule has 0 radical (unpaired) electrons. The summed E-state index contributed by atoms with van der Waals surface area (Å²) in [4.78, 5) is 18.8. The van der Waals surface area contributed by atoms with Crippen molar-refractivity contribution in [1.29, 1.82) is 0 Å². The Kier molecular flexibility index (Phi) is 4.60. The molecule has 0 aliphatic carbocycles. The summed E-state index contributed by atoms with van der Waals surface area (Å²) in [6, 6.07) is 3.58. The first-order valence-electron chi connectivity index (χ1n) is 7.14. The summed E-state index contributed by atoms with van der Waals surface area (Å²) in [6.45, 7) is 5.17. The minimum absolute atomic E-state index is 0.0531. The summed E-state index contributed by atoms with van der Waals surface area (Å²) in [6.07, 6.45) is 3.92. The molecule has 1 amide bonds. The van der Waals surface area contributed by atoms with E-state index in [-0.39, 0.29) is 11.3 Å². The predicted molar refractivity (Wildman–Crippen MR) is 81.0 cm³/mol. The molecule has 1 aliphatic rings. The van der Waals surface area contributed by atoms with E-state index < -0.39 is 0 Å². The third-order valence-corrected chi connectivity index (χ3v) is 4.16. The minimum atomic E-state index is -0.0531. The van der Waals surface area contributed by atoms with Gasteiger partial charge in [0.25, 0.3) is 5.91 Å². The van der Waals surface area contributed by atoms with Gasteiger partial charge in [0.05, 0.1) is 5.56 Å². The SMILES string of the molecule is CNc1ncccc1C(=O)NCC1(C)CCN(C)CC1. The van der Waals surface area contributed by atoms with Gasteiger partial charge in [-0.25, -0.2) is 4.98 Å². The molecule has 1 saturated heterocycles. The van der Waals surface area contributed by atoms with Crippen molar-refractivity contribution < 1.29 is 4.79 Å². The van der Waals surface area contributed by atoms with Gasteiger partial charge >= 0.3 is 0 Å². The molecule has 0 aromatic carbocycles. The highest BCUT2D eigenvalue weighted by Gasteiger charge is 2.29. The first-order valence-corrected chi connectivity index (χ1v) is 7.14. The molecule has 5 heteroatoms. The summed E-state index contributed by atoms with van der Waals surface area (Å²) >= 11 is 0. The van der Waals surface area contributed by atoms with Crippen LogP contribution in [0.3, 0.4) is 0 Å². The van der Waals surface area contributed by atoms with Gasteiger partial charge in [-0.15, -0.1) is 0 Å². The highest BCUT2D eigenvalue weighted by atomic mass is 16.1. The molecule has 0 atom stereocenters. The molecule has 2 rings (SSSR count). The fraction of sp³-hybridized carbons (Fsp3) is 0.600. The van der Waals surface area contributed by atoms with Gasteiger partial charge in [0.1, 0.15) is 5.82 Å². The average molecular weight is 276 g/mol. The average Bonchev–Trinajstić information content (AvgIpc) is 2.48. The molecule has 1 aromatic rings. The Labute approximate surface area is 120 Å². The lowest BCUT2D eigenvalue weighted by atomic mass is 9.80. The van der Waals surface area contributed by atoms with Gasteiger partial charge in [0.15, 0.2) is 0 Å². The number of piperidine rings is 1. The summed E-state index contributed by atoms with van der Waals surface area (Å²) in [5, 5.41) is 6.01. The zero-order valence-corrected chi connectivity index (χ0v) is 12.6. The summed E-state index contributed by atoms with van der Waals surface area (Å²) in [7, 11) is 3.92. The van der Waals surface area contributed by atoms with Gasteiger partial charge in [-0.3, -0.25) is 4.79 Å². The summed E-state index contributed by atoms with van der Waals surface area (Å²) in [5.41, 5.74) is 0.802. The van der Waals surface area contributed by atoms with E-state index in [1.54, 1.807) is 25.4 Å². The quantitative estimate of drug-likeness (QED) is 0.877. The molecule has 20 heavy (non-hydrogen) atoms. The minimum Gasteiger partial charge on any atom is -0.372 e. The van der Waals surface area contributed by atoms with Crippen molar-refractivity contribution in [3.63, 3.8) is 0 Å². The van der Waals surface area contributed by atoms with Crippen LogP contribution < -0.4 is 10.6 Å². The second-order valence-electron chi connectivity index (χ2n) is 5.95. The molecular formula is C15H24N4O. The van der Waals surface area contributed by atoms with Crippen LogP contribution in [0.4, 0.5) is 5.82 Å². The monoisotopic (exact) mass is 276 g/mol. The van der Waals surface area contributed by atoms with Gasteiger partial charge in [0, 0.05) is 19.8 Å². The maximum atomic E-state index is 12.3. The largest absolute Gasteiger partial charge is 0.372 e. The fourth-order valence-corrected chi connectivity index (χ4v) is 2.51. The Morgan fingerprint density at radius 2 is 2.15 bits per heavy atom. The van der Waals surface area contributed by atoms with Crippen LogP contribution in [0.15, 0.2) is 18.3 Å². The van der Waals surface area contributed by atoms with Gasteiger partial charge in [0.2, 0.25) is 0 Å². The van der Waals surface area contributed by atoms with Crippen LogP contribution in [0.1, 0.15) is 30.1 Å². The van der Waals surface area contributed by atoms with Crippen molar-refractivity contribution >= 4 is 11.7 Å². The van der Waals surface area contributed by atoms with Crippen LogP contribution in [-0.2, 0) is 0 Å². The Morgan fingerprint density at radius 3 is 2.80 bits per heavy atom. The van der Waals surface area contributed by atoms with Gasteiger partial charge < -0.3 is 15.5 Å². The zero-order valence-electron chi connectivity index (χ0n) is 12.6. The molecule has 2 N–H and O–H groups in total. The number of hydrogen-bond donors (Lipinski definition) is 2. The van der Waals surface area contributed by atoms with Crippen molar-refractivity contribution in [2.75, 3.05) is 39.0 Å². The van der Waals surface area contributed by atoms with E-state index in [0.29, 0.717) is 11.4 Å². The molecule has 0 spiro atoms. The maximum Gasteiger partial charge on any atom is 0.255 e. The molecule has 0 bridgehead atoms. The lowest BCUT2D eigenvalue weighted by Gasteiger charge is -2.38. The number of rotatable bonds is 4. The normalized spacial score (nSPS) is 18.6. The van der Waals surface area contributed by atoms with E-state index in [0.717, 1.165) is 32.5 Å². The first kappa shape index (κ1) is 14.8. The molecule has 0 unspecified atom stereocenters. The van der Waals surface area contributed by atoms with Gasteiger partial charge in [-0.05, 0) is 50.5 Å². The molecule has 1 fully saturated rings. The standard InChI is InChI=1S/C15H24N4O/c1-15(6-9-19(3)10-7-15)11-18-14(20)12-5-4-8-17-13(12)16-2/h4-5,8H,6-7,9-11H2,1-3H3,(H,16,17)(H,18,20). The summed E-state index contributed by atoms with van der Waals surface area (Å²) < 4.78 is 0. The van der Waals surface area contributed by atoms with Crippen molar-refractivity contribution in [3.8, 4) is 0 Å². The highest BCUT2D eigenvalue weighted by molar-refractivity contribution is 5.98. The second-order valence-corrected chi connectivity index (χ2v) is 5.95. The van der Waals surface area contributed by atoms with Crippen LogP contribution in [0.5, 0.6) is 0 Å². The van der Waals surface area contributed by atoms with Crippen molar-refractivity contribution in [2.45, 2.75) is 19.8 Å². The molecule has 1 aliphatic heterocycles. The van der Waals surface area contributed by atoms with Crippen LogP contribution in [0, 0.1) is 5.41 Å². The molecule has 0 saturated carbocycles. The third-order valence-electron chi connectivity index (χ3n) is 4.16. The number of carbonyl (C=O) groups is 1. The van der Waals surface area contributed by atoms with E-state index in [9.17, 15) is 4.79 Å². The Balaban J connectivity index is 1.95. The van der Waals surface area contributed by atoms with Crippen LogP contribution >= 0.6 is 0 Å². The first-order chi connectivity index (χ1) is 9.54. The lowest BCUT2D eigenvalue weighted by Crippen LogP contribution is -2.43. The number of anilines is 1. The number of likely N-dealkylation sites (tertiary alicyclic amines) is 1. The Morgan fingerprint density at radius 1 is 1.45 bits per heavy atom. The van der Waals surface area contributed by atoms with E-state index in [4.69, 9.17) is 0 Å². The molecule has 5 nitrogen and oxygen atoms in total. The zero-order chi connectivity index (χ0) is 14.6. The number of nitrogens with one attached hydrogen (secondary N) is 2. The Bertz CT molecular complexity index is 467. The van der Waals surface area contributed by atoms with Crippen LogP contribution in [-0.4, -0.2) is 49.5 Å². The number of aromatic nitrogens is 1. The number of pyridine rings is 1. The molecule has 1 aromatic heterocycles. The van der Waals surface area contributed by atoms with Crippen molar-refractivity contribution in [1.82, 2.24) is 15.2 Å². The van der Waals surface area contributed by atoms with Gasteiger partial charge in [-0.1, -0.05) is 6.92 Å². The number of carbonyl (C=O) groups excluding carboxylic acids is 1. The lowest BCUT2D eigenvalue weighted by molar-refractivity contribution is 0.0892. The van der Waals surface area contributed by atoms with E-state index >= 15 is 0 Å². The maximum absolute atomic E-state index is 12.3. The number of amides is 1. The van der Waals surface area contributed by atoms with Crippen molar-refractivity contribution in [3.05, 3.63) is 23.9 Å². The van der Waals surface area contributed by atoms with Gasteiger partial charge in [-0.2, -0.15) is 0 Å². The Hall–Kier alpha value is -1.62. The molecule has 2 heterocycles. The number of nitrogens with zero attached hydrogens (tertiary/aromatic N) is 2. The topological polar surface area (TPSA) is 57.3 Å². The van der Waals surface area contributed by atoms with E-state index in [1.165, 1.54) is 0 Å².